The lowest BCUT2D eigenvalue weighted by atomic mass is 10.00. The molecule has 0 saturated carbocycles. The summed E-state index contributed by atoms with van der Waals surface area (Å²) in [6.45, 7) is 3.51. The Balaban J connectivity index is 2.01. The zero-order chi connectivity index (χ0) is 14.7. The van der Waals surface area contributed by atoms with Crippen molar-refractivity contribution in [2.75, 3.05) is 18.4 Å². The Labute approximate surface area is 116 Å². The number of benzene rings is 1. The third kappa shape index (κ3) is 3.26. The van der Waals surface area contributed by atoms with Gasteiger partial charge in [0.2, 0.25) is 0 Å². The second kappa shape index (κ2) is 5.90. The second-order valence-electron chi connectivity index (χ2n) is 5.10. The van der Waals surface area contributed by atoms with Gasteiger partial charge in [0.1, 0.15) is 5.82 Å². The number of carbonyl (C=O) groups is 2. The summed E-state index contributed by atoms with van der Waals surface area (Å²) in [5, 5.41) is 11.3. The summed E-state index contributed by atoms with van der Waals surface area (Å²) in [6, 6.07) is 3.27. The van der Waals surface area contributed by atoms with Crippen molar-refractivity contribution in [2.24, 2.45) is 5.92 Å². The van der Waals surface area contributed by atoms with E-state index >= 15 is 0 Å². The third-order valence-corrected chi connectivity index (χ3v) is 3.52. The van der Waals surface area contributed by atoms with E-state index in [-0.39, 0.29) is 11.7 Å². The van der Waals surface area contributed by atoms with Crippen molar-refractivity contribution >= 4 is 17.7 Å². The summed E-state index contributed by atoms with van der Waals surface area (Å²) < 4.78 is 13.5. The zero-order valence-corrected chi connectivity index (χ0v) is 11.2. The number of piperidine rings is 1. The molecule has 0 bridgehead atoms. The normalized spacial score (nSPS) is 16.0. The van der Waals surface area contributed by atoms with Gasteiger partial charge in [0.25, 0.3) is 0 Å². The van der Waals surface area contributed by atoms with Crippen molar-refractivity contribution < 1.29 is 19.1 Å². The number of amides is 2. The van der Waals surface area contributed by atoms with Crippen molar-refractivity contribution in [3.8, 4) is 0 Å². The number of hydrogen-bond donors (Lipinski definition) is 2. The molecule has 1 fully saturated rings. The summed E-state index contributed by atoms with van der Waals surface area (Å²) in [5.74, 6) is -1.57. The SMILES string of the molecule is CC1CCN(C(=O)Nc2ccc(C(=O)O)c(F)c2)CC1. The fourth-order valence-corrected chi connectivity index (χ4v) is 2.18. The molecule has 2 N–H and O–H groups in total. The molecular weight excluding hydrogens is 263 g/mol. The quantitative estimate of drug-likeness (QED) is 0.875. The monoisotopic (exact) mass is 280 g/mol. The molecule has 1 aromatic rings. The molecule has 0 unspecified atom stereocenters. The van der Waals surface area contributed by atoms with Gasteiger partial charge >= 0.3 is 12.0 Å². The smallest absolute Gasteiger partial charge is 0.338 e. The molecule has 20 heavy (non-hydrogen) atoms. The number of carboxylic acid groups (broad SMARTS) is 1. The van der Waals surface area contributed by atoms with Crippen molar-refractivity contribution in [3.63, 3.8) is 0 Å². The van der Waals surface area contributed by atoms with E-state index in [9.17, 15) is 14.0 Å². The Bertz CT molecular complexity index is 525. The Morgan fingerprint density at radius 3 is 2.55 bits per heavy atom. The number of nitrogens with zero attached hydrogens (tertiary/aromatic N) is 1. The molecule has 0 atom stereocenters. The van der Waals surface area contributed by atoms with Crippen LogP contribution in [0.5, 0.6) is 0 Å². The molecule has 1 aliphatic rings. The molecule has 1 saturated heterocycles. The average molecular weight is 280 g/mol. The first-order valence-corrected chi connectivity index (χ1v) is 6.56. The molecular formula is C14H17FN2O3. The highest BCUT2D eigenvalue weighted by molar-refractivity contribution is 5.91. The van der Waals surface area contributed by atoms with Crippen molar-refractivity contribution in [1.82, 2.24) is 4.90 Å². The first-order valence-electron chi connectivity index (χ1n) is 6.56. The van der Waals surface area contributed by atoms with E-state index in [0.29, 0.717) is 19.0 Å². The van der Waals surface area contributed by atoms with Crippen LogP contribution < -0.4 is 5.32 Å². The highest BCUT2D eigenvalue weighted by Crippen LogP contribution is 2.18. The van der Waals surface area contributed by atoms with Gasteiger partial charge in [-0.05, 0) is 37.0 Å². The van der Waals surface area contributed by atoms with Crippen LogP contribution in [0.15, 0.2) is 18.2 Å². The van der Waals surface area contributed by atoms with Crippen LogP contribution in [0.2, 0.25) is 0 Å². The maximum Gasteiger partial charge on any atom is 0.338 e. The molecule has 2 amide bonds. The van der Waals surface area contributed by atoms with Crippen LogP contribution in [-0.2, 0) is 0 Å². The average Bonchev–Trinajstić information content (AvgIpc) is 2.39. The van der Waals surface area contributed by atoms with Crippen LogP contribution in [-0.4, -0.2) is 35.1 Å². The van der Waals surface area contributed by atoms with Crippen molar-refractivity contribution in [1.29, 1.82) is 0 Å². The number of hydrogen-bond acceptors (Lipinski definition) is 2. The topological polar surface area (TPSA) is 69.6 Å². The molecule has 0 aliphatic carbocycles. The molecule has 5 nitrogen and oxygen atoms in total. The molecule has 2 rings (SSSR count). The molecule has 1 aromatic carbocycles. The van der Waals surface area contributed by atoms with Crippen molar-refractivity contribution in [2.45, 2.75) is 19.8 Å². The Morgan fingerprint density at radius 2 is 2.00 bits per heavy atom. The molecule has 6 heteroatoms. The first kappa shape index (κ1) is 14.3. The van der Waals surface area contributed by atoms with Gasteiger partial charge in [-0.15, -0.1) is 0 Å². The van der Waals surface area contributed by atoms with E-state index in [0.717, 1.165) is 25.0 Å². The summed E-state index contributed by atoms with van der Waals surface area (Å²) in [7, 11) is 0. The second-order valence-corrected chi connectivity index (χ2v) is 5.10. The lowest BCUT2D eigenvalue weighted by molar-refractivity contribution is 0.0692. The number of nitrogens with one attached hydrogen (secondary N) is 1. The van der Waals surface area contributed by atoms with Crippen molar-refractivity contribution in [3.05, 3.63) is 29.6 Å². The fraction of sp³-hybridized carbons (Fsp3) is 0.429. The minimum absolute atomic E-state index is 0.260. The molecule has 0 spiro atoms. The van der Waals surface area contributed by atoms with Gasteiger partial charge < -0.3 is 15.3 Å². The van der Waals surface area contributed by atoms with Crippen LogP contribution in [0.4, 0.5) is 14.9 Å². The van der Waals surface area contributed by atoms with Crippen LogP contribution in [0.25, 0.3) is 0 Å². The maximum atomic E-state index is 13.5. The van der Waals surface area contributed by atoms with E-state index < -0.39 is 17.3 Å². The number of halogens is 1. The number of carboxylic acids is 1. The first-order chi connectivity index (χ1) is 9.47. The largest absolute Gasteiger partial charge is 0.478 e. The van der Waals surface area contributed by atoms with Crippen LogP contribution in [0.3, 0.4) is 0 Å². The lowest BCUT2D eigenvalue weighted by Crippen LogP contribution is -2.40. The van der Waals surface area contributed by atoms with E-state index in [1.807, 2.05) is 0 Å². The summed E-state index contributed by atoms with van der Waals surface area (Å²) in [6.07, 6.45) is 1.92. The maximum absolute atomic E-state index is 13.5. The Morgan fingerprint density at radius 1 is 1.35 bits per heavy atom. The molecule has 0 aromatic heterocycles. The Kier molecular flexibility index (Phi) is 4.22. The minimum atomic E-state index is -1.33. The van der Waals surface area contributed by atoms with Gasteiger partial charge in [0, 0.05) is 18.8 Å². The van der Waals surface area contributed by atoms with Gasteiger partial charge in [-0.3, -0.25) is 0 Å². The molecule has 0 radical (unpaired) electrons. The van der Waals surface area contributed by atoms with Gasteiger partial charge in [0.15, 0.2) is 0 Å². The van der Waals surface area contributed by atoms with Crippen LogP contribution >= 0.6 is 0 Å². The van der Waals surface area contributed by atoms with E-state index in [4.69, 9.17) is 5.11 Å². The highest BCUT2D eigenvalue weighted by atomic mass is 19.1. The number of likely N-dealkylation sites (tertiary alicyclic amines) is 1. The Hall–Kier alpha value is -2.11. The molecule has 1 aliphatic heterocycles. The number of urea groups is 1. The zero-order valence-electron chi connectivity index (χ0n) is 11.2. The number of carbonyl (C=O) groups excluding carboxylic acids is 1. The summed E-state index contributed by atoms with van der Waals surface area (Å²) >= 11 is 0. The number of anilines is 1. The third-order valence-electron chi connectivity index (χ3n) is 3.52. The number of aromatic carboxylic acids is 1. The van der Waals surface area contributed by atoms with Crippen LogP contribution in [0, 0.1) is 11.7 Å². The number of rotatable bonds is 2. The fourth-order valence-electron chi connectivity index (χ4n) is 2.18. The predicted molar refractivity (Wildman–Crippen MR) is 72.3 cm³/mol. The molecule has 108 valence electrons. The standard InChI is InChI=1S/C14H17FN2O3/c1-9-4-6-17(7-5-9)14(20)16-10-2-3-11(13(18)19)12(15)8-10/h2-3,8-9H,4-7H2,1H3,(H,16,20)(H,18,19). The van der Waals surface area contributed by atoms with E-state index in [1.165, 1.54) is 6.07 Å². The van der Waals surface area contributed by atoms with Gasteiger partial charge in [-0.25, -0.2) is 14.0 Å². The minimum Gasteiger partial charge on any atom is -0.478 e. The lowest BCUT2D eigenvalue weighted by Gasteiger charge is -2.30. The predicted octanol–water partition coefficient (Wildman–Crippen LogP) is 2.79. The van der Waals surface area contributed by atoms with Gasteiger partial charge in [-0.1, -0.05) is 6.92 Å². The summed E-state index contributed by atoms with van der Waals surface area (Å²) in [5.41, 5.74) is -0.147. The van der Waals surface area contributed by atoms with Gasteiger partial charge in [-0.2, -0.15) is 0 Å². The van der Waals surface area contributed by atoms with Gasteiger partial charge in [0.05, 0.1) is 5.56 Å². The highest BCUT2D eigenvalue weighted by Gasteiger charge is 2.20. The summed E-state index contributed by atoms with van der Waals surface area (Å²) in [4.78, 5) is 24.4. The molecule has 1 heterocycles. The van der Waals surface area contributed by atoms with Crippen LogP contribution in [0.1, 0.15) is 30.1 Å². The van der Waals surface area contributed by atoms with E-state index in [1.54, 1.807) is 4.90 Å². The van der Waals surface area contributed by atoms with E-state index in [2.05, 4.69) is 12.2 Å².